The van der Waals surface area contributed by atoms with Gasteiger partial charge in [-0.1, -0.05) is 0 Å². The van der Waals surface area contributed by atoms with Crippen LogP contribution in [0.1, 0.15) is 30.1 Å². The molecule has 2 heterocycles. The number of rotatable bonds is 5. The predicted molar refractivity (Wildman–Crippen MR) is 74.6 cm³/mol. The number of methoxy groups -OCH3 is 1. The van der Waals surface area contributed by atoms with E-state index in [4.69, 9.17) is 4.74 Å². The van der Waals surface area contributed by atoms with Crippen molar-refractivity contribution in [1.29, 1.82) is 0 Å². The van der Waals surface area contributed by atoms with Crippen molar-refractivity contribution in [2.45, 2.75) is 25.8 Å². The van der Waals surface area contributed by atoms with Crippen LogP contribution in [0.25, 0.3) is 0 Å². The molecular formula is C14H21N3O4. The number of carboxylic acid groups (broad SMARTS) is 1. The highest BCUT2D eigenvalue weighted by atomic mass is 16.5. The minimum Gasteiger partial charge on any atom is -0.481 e. The van der Waals surface area contributed by atoms with Crippen LogP contribution in [0.5, 0.6) is 0 Å². The van der Waals surface area contributed by atoms with E-state index in [0.29, 0.717) is 19.6 Å². The molecule has 7 heteroatoms. The zero-order valence-electron chi connectivity index (χ0n) is 12.6. The van der Waals surface area contributed by atoms with Crippen LogP contribution in [0, 0.1) is 12.8 Å². The van der Waals surface area contributed by atoms with Crippen molar-refractivity contribution < 1.29 is 19.4 Å². The minimum atomic E-state index is -0.877. The summed E-state index contributed by atoms with van der Waals surface area (Å²) in [5, 5.41) is 13.8. The molecule has 7 nitrogen and oxygen atoms in total. The normalized spacial score (nSPS) is 22.6. The first-order valence-electron chi connectivity index (χ1n) is 6.97. The third kappa shape index (κ3) is 3.07. The highest BCUT2D eigenvalue weighted by molar-refractivity contribution is 5.81. The fraction of sp³-hybridized carbons (Fsp3) is 0.643. The molecule has 0 radical (unpaired) electrons. The Morgan fingerprint density at radius 1 is 1.57 bits per heavy atom. The summed E-state index contributed by atoms with van der Waals surface area (Å²) in [4.78, 5) is 25.4. The summed E-state index contributed by atoms with van der Waals surface area (Å²) in [6, 6.07) is -0.479. The van der Waals surface area contributed by atoms with Gasteiger partial charge in [-0.3, -0.25) is 14.3 Å². The fourth-order valence-corrected chi connectivity index (χ4v) is 2.96. The zero-order chi connectivity index (χ0) is 15.6. The van der Waals surface area contributed by atoms with Gasteiger partial charge in [-0.2, -0.15) is 5.10 Å². The number of nitrogens with zero attached hydrogens (tertiary/aromatic N) is 3. The topological polar surface area (TPSA) is 84.7 Å². The molecule has 0 spiro atoms. The fourth-order valence-electron chi connectivity index (χ4n) is 2.96. The van der Waals surface area contributed by atoms with Gasteiger partial charge in [-0.05, 0) is 13.3 Å². The van der Waals surface area contributed by atoms with Crippen LogP contribution in [0.15, 0.2) is 6.20 Å². The summed E-state index contributed by atoms with van der Waals surface area (Å²) in [6.07, 6.45) is 2.42. The maximum absolute atomic E-state index is 12.2. The molecule has 2 atom stereocenters. The van der Waals surface area contributed by atoms with Crippen LogP contribution < -0.4 is 0 Å². The highest BCUT2D eigenvalue weighted by Gasteiger charge is 2.41. The molecule has 2 rings (SSSR count). The van der Waals surface area contributed by atoms with E-state index < -0.39 is 17.9 Å². The average Bonchev–Trinajstić information content (AvgIpc) is 2.75. The van der Waals surface area contributed by atoms with Gasteiger partial charge in [0.2, 0.25) is 5.91 Å². The van der Waals surface area contributed by atoms with E-state index in [1.165, 1.54) is 0 Å². The van der Waals surface area contributed by atoms with Crippen molar-refractivity contribution in [1.82, 2.24) is 14.7 Å². The Kier molecular flexibility index (Phi) is 4.62. The van der Waals surface area contributed by atoms with E-state index in [-0.39, 0.29) is 12.3 Å². The smallest absolute Gasteiger partial charge is 0.308 e. The van der Waals surface area contributed by atoms with Gasteiger partial charge in [-0.25, -0.2) is 0 Å². The summed E-state index contributed by atoms with van der Waals surface area (Å²) in [6.45, 7) is 2.60. The van der Waals surface area contributed by atoms with Crippen LogP contribution >= 0.6 is 0 Å². The molecular weight excluding hydrogens is 274 g/mol. The number of carbonyl (C=O) groups is 2. The first-order chi connectivity index (χ1) is 9.95. The highest BCUT2D eigenvalue weighted by Crippen LogP contribution is 2.37. The second-order valence-electron chi connectivity index (χ2n) is 5.35. The molecule has 0 bridgehead atoms. The van der Waals surface area contributed by atoms with Gasteiger partial charge in [-0.15, -0.1) is 0 Å². The summed E-state index contributed by atoms with van der Waals surface area (Å²) >= 11 is 0. The molecule has 0 aliphatic carbocycles. The molecule has 1 aromatic rings. The molecule has 1 saturated heterocycles. The number of likely N-dealkylation sites (tertiary alicyclic amines) is 1. The van der Waals surface area contributed by atoms with Crippen LogP contribution in [0.3, 0.4) is 0 Å². The molecule has 0 aromatic carbocycles. The number of aryl methyl sites for hydroxylation is 2. The van der Waals surface area contributed by atoms with E-state index in [1.807, 2.05) is 6.92 Å². The zero-order valence-corrected chi connectivity index (χ0v) is 12.6. The van der Waals surface area contributed by atoms with E-state index in [2.05, 4.69) is 5.10 Å². The number of hydrogen-bond donors (Lipinski definition) is 1. The Balaban J connectivity index is 2.41. The second-order valence-corrected chi connectivity index (χ2v) is 5.35. The molecule has 1 aliphatic heterocycles. The molecule has 21 heavy (non-hydrogen) atoms. The number of carboxylic acids is 1. The van der Waals surface area contributed by atoms with Crippen molar-refractivity contribution in [2.75, 3.05) is 20.3 Å². The lowest BCUT2D eigenvalue weighted by atomic mass is 9.84. The van der Waals surface area contributed by atoms with Gasteiger partial charge >= 0.3 is 5.97 Å². The summed E-state index contributed by atoms with van der Waals surface area (Å²) in [5.41, 5.74) is 1.56. The van der Waals surface area contributed by atoms with Gasteiger partial charge < -0.3 is 14.7 Å². The van der Waals surface area contributed by atoms with Crippen molar-refractivity contribution >= 4 is 11.9 Å². The number of ether oxygens (including phenoxy) is 1. The molecule has 1 aromatic heterocycles. The Morgan fingerprint density at radius 2 is 2.29 bits per heavy atom. The van der Waals surface area contributed by atoms with E-state index >= 15 is 0 Å². The standard InChI is InChI=1S/C14H21N3O4/c1-9-11(8-16(2)15-9)13-10(14(19)20)4-5-12(18)17(13)6-7-21-3/h8,10,13H,4-7H2,1-3H3,(H,19,20). The Bertz CT molecular complexity index is 540. The number of hydrogen-bond acceptors (Lipinski definition) is 4. The third-order valence-electron chi connectivity index (χ3n) is 3.93. The largest absolute Gasteiger partial charge is 0.481 e. The van der Waals surface area contributed by atoms with Crippen molar-refractivity contribution in [3.8, 4) is 0 Å². The maximum Gasteiger partial charge on any atom is 0.308 e. The molecule has 1 aliphatic rings. The summed E-state index contributed by atoms with van der Waals surface area (Å²) in [7, 11) is 3.35. The molecule has 0 saturated carbocycles. The number of aliphatic carboxylic acids is 1. The van der Waals surface area contributed by atoms with Crippen LogP contribution in [0.2, 0.25) is 0 Å². The number of amides is 1. The minimum absolute atomic E-state index is 0.0298. The SMILES string of the molecule is COCCN1C(=O)CCC(C(=O)O)C1c1cn(C)nc1C. The van der Waals surface area contributed by atoms with Gasteiger partial charge in [0, 0.05) is 38.9 Å². The maximum atomic E-state index is 12.2. The van der Waals surface area contributed by atoms with Crippen LogP contribution in [-0.2, 0) is 21.4 Å². The lowest BCUT2D eigenvalue weighted by Crippen LogP contribution is -2.46. The molecule has 1 amide bonds. The Morgan fingerprint density at radius 3 is 2.81 bits per heavy atom. The third-order valence-corrected chi connectivity index (χ3v) is 3.93. The molecule has 1 N–H and O–H groups in total. The monoisotopic (exact) mass is 295 g/mol. The Labute approximate surface area is 123 Å². The van der Waals surface area contributed by atoms with Gasteiger partial charge in [0.15, 0.2) is 0 Å². The van der Waals surface area contributed by atoms with Gasteiger partial charge in [0.1, 0.15) is 0 Å². The average molecular weight is 295 g/mol. The number of carbonyl (C=O) groups excluding carboxylic acids is 1. The summed E-state index contributed by atoms with van der Waals surface area (Å²) < 4.78 is 6.70. The summed E-state index contributed by atoms with van der Waals surface area (Å²) in [5.74, 6) is -1.52. The predicted octanol–water partition coefficient (Wildman–Crippen LogP) is 0.739. The Hall–Kier alpha value is -1.89. The van der Waals surface area contributed by atoms with Crippen molar-refractivity contribution in [2.24, 2.45) is 13.0 Å². The first kappa shape index (κ1) is 15.5. The van der Waals surface area contributed by atoms with E-state index in [9.17, 15) is 14.7 Å². The van der Waals surface area contributed by atoms with E-state index in [1.54, 1.807) is 29.9 Å². The molecule has 1 fully saturated rings. The van der Waals surface area contributed by atoms with Crippen LogP contribution in [0.4, 0.5) is 0 Å². The lowest BCUT2D eigenvalue weighted by Gasteiger charge is -2.39. The second kappa shape index (κ2) is 6.26. The number of piperidine rings is 1. The van der Waals surface area contributed by atoms with E-state index in [0.717, 1.165) is 11.3 Å². The van der Waals surface area contributed by atoms with Crippen molar-refractivity contribution in [3.63, 3.8) is 0 Å². The first-order valence-corrected chi connectivity index (χ1v) is 6.97. The van der Waals surface area contributed by atoms with Gasteiger partial charge in [0.25, 0.3) is 0 Å². The van der Waals surface area contributed by atoms with Crippen LogP contribution in [-0.4, -0.2) is 51.9 Å². The quantitative estimate of drug-likeness (QED) is 0.866. The lowest BCUT2D eigenvalue weighted by molar-refractivity contribution is -0.152. The van der Waals surface area contributed by atoms with Gasteiger partial charge in [0.05, 0.1) is 24.3 Å². The van der Waals surface area contributed by atoms with Crippen molar-refractivity contribution in [3.05, 3.63) is 17.5 Å². The number of aromatic nitrogens is 2. The molecule has 116 valence electrons. The molecule has 2 unspecified atom stereocenters.